The van der Waals surface area contributed by atoms with Crippen LogP contribution in [0.2, 0.25) is 0 Å². The van der Waals surface area contributed by atoms with Gasteiger partial charge in [-0.1, -0.05) is 18.2 Å². The summed E-state index contributed by atoms with van der Waals surface area (Å²) in [6.07, 6.45) is 2.17. The van der Waals surface area contributed by atoms with Crippen LogP contribution in [-0.4, -0.2) is 33.6 Å². The van der Waals surface area contributed by atoms with Crippen molar-refractivity contribution in [3.8, 4) is 5.75 Å². The molecule has 1 atom stereocenters. The number of ether oxygens (including phenoxy) is 2. The lowest BCUT2D eigenvalue weighted by atomic mass is 10.2. The minimum Gasteiger partial charge on any atom is -0.491 e. The number of anilines is 2. The van der Waals surface area contributed by atoms with Crippen LogP contribution in [0.15, 0.2) is 71.6 Å². The highest BCUT2D eigenvalue weighted by atomic mass is 32.2. The lowest BCUT2D eigenvalue weighted by molar-refractivity contribution is 0.0679. The Morgan fingerprint density at radius 3 is 2.53 bits per heavy atom. The number of hydrogen-bond acceptors (Lipinski definition) is 5. The molecular weight excluding hydrogens is 452 g/mol. The molecule has 2 N–H and O–H groups in total. The fourth-order valence-electron chi connectivity index (χ4n) is 3.76. The van der Waals surface area contributed by atoms with Crippen LogP contribution in [0.5, 0.6) is 5.75 Å². The number of amides is 1. The largest absolute Gasteiger partial charge is 0.491 e. The van der Waals surface area contributed by atoms with Gasteiger partial charge in [0.05, 0.1) is 11.0 Å². The Labute approximate surface area is 200 Å². The monoisotopic (exact) mass is 480 g/mol. The number of sulfonamides is 1. The minimum atomic E-state index is -3.83. The van der Waals surface area contributed by atoms with Gasteiger partial charge in [-0.15, -0.1) is 0 Å². The van der Waals surface area contributed by atoms with Crippen LogP contribution in [0.3, 0.4) is 0 Å². The van der Waals surface area contributed by atoms with E-state index in [0.29, 0.717) is 34.9 Å². The van der Waals surface area contributed by atoms with Crippen molar-refractivity contribution in [3.05, 3.63) is 83.4 Å². The van der Waals surface area contributed by atoms with Gasteiger partial charge in [0.15, 0.2) is 0 Å². The Kier molecular flexibility index (Phi) is 7.19. The molecule has 7 nitrogen and oxygen atoms in total. The Morgan fingerprint density at radius 2 is 1.82 bits per heavy atom. The topological polar surface area (TPSA) is 93.7 Å². The molecule has 3 aromatic rings. The van der Waals surface area contributed by atoms with E-state index >= 15 is 0 Å². The summed E-state index contributed by atoms with van der Waals surface area (Å²) in [6, 6.07) is 18.8. The zero-order chi connectivity index (χ0) is 24.1. The summed E-state index contributed by atoms with van der Waals surface area (Å²) >= 11 is 0. The average molecular weight is 481 g/mol. The Hall–Kier alpha value is -3.36. The van der Waals surface area contributed by atoms with E-state index in [4.69, 9.17) is 9.47 Å². The second kappa shape index (κ2) is 10.3. The van der Waals surface area contributed by atoms with Crippen molar-refractivity contribution < 1.29 is 22.7 Å². The van der Waals surface area contributed by atoms with Crippen molar-refractivity contribution in [1.82, 2.24) is 0 Å². The summed E-state index contributed by atoms with van der Waals surface area (Å²) in [5.41, 5.74) is 2.83. The molecule has 0 aliphatic carbocycles. The summed E-state index contributed by atoms with van der Waals surface area (Å²) in [6.45, 7) is 4.87. The summed E-state index contributed by atoms with van der Waals surface area (Å²) < 4.78 is 39.9. The zero-order valence-corrected chi connectivity index (χ0v) is 20.0. The first-order valence-electron chi connectivity index (χ1n) is 11.2. The lowest BCUT2D eigenvalue weighted by Crippen LogP contribution is -2.17. The van der Waals surface area contributed by atoms with E-state index in [1.807, 2.05) is 13.0 Å². The predicted octanol–water partition coefficient (Wildman–Crippen LogP) is 4.91. The summed E-state index contributed by atoms with van der Waals surface area (Å²) in [5, 5.41) is 2.78. The third-order valence-electron chi connectivity index (χ3n) is 5.58. The molecular formula is C26H28N2O5S. The summed E-state index contributed by atoms with van der Waals surface area (Å²) in [7, 11) is -3.83. The summed E-state index contributed by atoms with van der Waals surface area (Å²) in [4.78, 5) is 12.8. The second-order valence-electron chi connectivity index (χ2n) is 8.38. The van der Waals surface area contributed by atoms with Crippen LogP contribution in [-0.2, 0) is 14.8 Å². The summed E-state index contributed by atoms with van der Waals surface area (Å²) in [5.74, 6) is 0.322. The standard InChI is InChI=1S/C26H28N2O5S/c1-18-5-3-6-22(15-18)28-34(30,31)25-16-21(11-8-19(25)2)27-26(29)20-9-12-23(13-10-20)33-17-24-7-4-14-32-24/h3,5-6,8-13,15-16,24,28H,4,7,14,17H2,1-2H3,(H,27,29). The molecule has 0 saturated carbocycles. The second-order valence-corrected chi connectivity index (χ2v) is 10.0. The molecule has 1 saturated heterocycles. The van der Waals surface area contributed by atoms with Gasteiger partial charge >= 0.3 is 0 Å². The highest BCUT2D eigenvalue weighted by molar-refractivity contribution is 7.92. The molecule has 1 fully saturated rings. The van der Waals surface area contributed by atoms with E-state index in [1.165, 1.54) is 6.07 Å². The maximum absolute atomic E-state index is 13.0. The fraction of sp³-hybridized carbons (Fsp3) is 0.269. The quantitative estimate of drug-likeness (QED) is 0.478. The Balaban J connectivity index is 1.43. The van der Waals surface area contributed by atoms with Gasteiger partial charge in [-0.3, -0.25) is 9.52 Å². The van der Waals surface area contributed by atoms with E-state index in [-0.39, 0.29) is 16.9 Å². The van der Waals surface area contributed by atoms with Crippen LogP contribution in [0.1, 0.15) is 34.3 Å². The number of hydrogen-bond donors (Lipinski definition) is 2. The molecule has 34 heavy (non-hydrogen) atoms. The van der Waals surface area contributed by atoms with Crippen molar-refractivity contribution >= 4 is 27.3 Å². The van der Waals surface area contributed by atoms with Crippen LogP contribution in [0.4, 0.5) is 11.4 Å². The van der Waals surface area contributed by atoms with Crippen molar-refractivity contribution in [1.29, 1.82) is 0 Å². The van der Waals surface area contributed by atoms with Crippen molar-refractivity contribution in [3.63, 3.8) is 0 Å². The fourth-order valence-corrected chi connectivity index (χ4v) is 5.08. The minimum absolute atomic E-state index is 0.102. The van der Waals surface area contributed by atoms with Crippen LogP contribution in [0, 0.1) is 13.8 Å². The number of carbonyl (C=O) groups excluding carboxylic acids is 1. The molecule has 0 bridgehead atoms. The third kappa shape index (κ3) is 5.95. The third-order valence-corrected chi connectivity index (χ3v) is 7.11. The van der Waals surface area contributed by atoms with Gasteiger partial charge in [-0.05, 0) is 86.3 Å². The molecule has 3 aromatic carbocycles. The molecule has 1 amide bonds. The molecule has 0 radical (unpaired) electrons. The predicted molar refractivity (Wildman–Crippen MR) is 132 cm³/mol. The maximum Gasteiger partial charge on any atom is 0.262 e. The normalized spacial score (nSPS) is 15.6. The average Bonchev–Trinajstić information content (AvgIpc) is 3.33. The first kappa shape index (κ1) is 23.8. The van der Waals surface area contributed by atoms with Crippen molar-refractivity contribution in [2.75, 3.05) is 23.3 Å². The first-order valence-corrected chi connectivity index (χ1v) is 12.6. The molecule has 0 spiro atoms. The lowest BCUT2D eigenvalue weighted by Gasteiger charge is -2.13. The van der Waals surface area contributed by atoms with Gasteiger partial charge in [-0.2, -0.15) is 0 Å². The van der Waals surface area contributed by atoms with Gasteiger partial charge in [0.1, 0.15) is 12.4 Å². The van der Waals surface area contributed by atoms with Gasteiger partial charge in [0.2, 0.25) is 0 Å². The smallest absolute Gasteiger partial charge is 0.262 e. The SMILES string of the molecule is Cc1cccc(NS(=O)(=O)c2cc(NC(=O)c3ccc(OCC4CCCO4)cc3)ccc2C)c1. The van der Waals surface area contributed by atoms with E-state index in [2.05, 4.69) is 10.0 Å². The van der Waals surface area contributed by atoms with Crippen LogP contribution >= 0.6 is 0 Å². The Bertz CT molecular complexity index is 1270. The van der Waals surface area contributed by atoms with Gasteiger partial charge in [-0.25, -0.2) is 8.42 Å². The molecule has 1 unspecified atom stereocenters. The first-order chi connectivity index (χ1) is 16.3. The van der Waals surface area contributed by atoms with E-state index in [0.717, 1.165) is 25.0 Å². The molecule has 178 valence electrons. The molecule has 0 aromatic heterocycles. The molecule has 1 aliphatic rings. The number of rotatable bonds is 8. The number of nitrogens with one attached hydrogen (secondary N) is 2. The molecule has 1 aliphatic heterocycles. The van der Waals surface area contributed by atoms with Gasteiger partial charge < -0.3 is 14.8 Å². The van der Waals surface area contributed by atoms with Crippen molar-refractivity contribution in [2.45, 2.75) is 37.7 Å². The number of carbonyl (C=O) groups is 1. The number of aryl methyl sites for hydroxylation is 2. The highest BCUT2D eigenvalue weighted by Crippen LogP contribution is 2.24. The van der Waals surface area contributed by atoms with E-state index in [9.17, 15) is 13.2 Å². The highest BCUT2D eigenvalue weighted by Gasteiger charge is 2.19. The van der Waals surface area contributed by atoms with Gasteiger partial charge in [0, 0.05) is 23.5 Å². The maximum atomic E-state index is 13.0. The van der Waals surface area contributed by atoms with Crippen molar-refractivity contribution in [2.24, 2.45) is 0 Å². The molecule has 4 rings (SSSR count). The van der Waals surface area contributed by atoms with Crippen LogP contribution < -0.4 is 14.8 Å². The Morgan fingerprint density at radius 1 is 1.03 bits per heavy atom. The van der Waals surface area contributed by atoms with Gasteiger partial charge in [0.25, 0.3) is 15.9 Å². The molecule has 1 heterocycles. The van der Waals surface area contributed by atoms with E-state index in [1.54, 1.807) is 61.5 Å². The molecule has 8 heteroatoms. The number of benzene rings is 3. The van der Waals surface area contributed by atoms with Crippen LogP contribution in [0.25, 0.3) is 0 Å². The zero-order valence-electron chi connectivity index (χ0n) is 19.2. The van der Waals surface area contributed by atoms with E-state index < -0.39 is 10.0 Å².